The molecule has 0 aliphatic carbocycles. The van der Waals surface area contributed by atoms with Crippen LogP contribution in [0.15, 0.2) is 72.4 Å². The van der Waals surface area contributed by atoms with Gasteiger partial charge in [0, 0.05) is 64.3 Å². The van der Waals surface area contributed by atoms with Gasteiger partial charge in [-0.15, -0.1) is 11.3 Å². The van der Waals surface area contributed by atoms with E-state index >= 15 is 8.78 Å². The molecular weight excluding hydrogens is 618 g/mol. The molecule has 4 heterocycles. The molecule has 1 aliphatic rings. The van der Waals surface area contributed by atoms with Crippen molar-refractivity contribution in [2.24, 2.45) is 0 Å². The Balaban J connectivity index is 1.31. The van der Waals surface area contributed by atoms with E-state index in [1.54, 1.807) is 29.8 Å². The fourth-order valence-electron chi connectivity index (χ4n) is 6.53. The lowest BCUT2D eigenvalue weighted by Gasteiger charge is -2.30. The van der Waals surface area contributed by atoms with E-state index in [2.05, 4.69) is 39.4 Å². The van der Waals surface area contributed by atoms with Gasteiger partial charge in [0.2, 0.25) is 0 Å². The molecule has 0 amide bonds. The van der Waals surface area contributed by atoms with Crippen molar-refractivity contribution in [3.8, 4) is 22.9 Å². The van der Waals surface area contributed by atoms with Gasteiger partial charge in [0.15, 0.2) is 11.6 Å². The average Bonchev–Trinajstić information content (AvgIpc) is 3.84. The zero-order valence-corrected chi connectivity index (χ0v) is 26.7. The second-order valence-electron chi connectivity index (χ2n) is 12.4. The molecule has 0 fully saturated rings. The van der Waals surface area contributed by atoms with Gasteiger partial charge in [-0.2, -0.15) is 0 Å². The molecule has 3 N–H and O–H groups in total. The van der Waals surface area contributed by atoms with E-state index in [0.29, 0.717) is 29.7 Å². The number of carbonyl (C=O) groups is 1. The summed E-state index contributed by atoms with van der Waals surface area (Å²) in [4.78, 5) is 27.3. The molecule has 240 valence electrons. The maximum absolute atomic E-state index is 15.7. The molecule has 1 aliphatic heterocycles. The summed E-state index contributed by atoms with van der Waals surface area (Å²) in [5.74, 6) is -1.15. The Morgan fingerprint density at radius 2 is 1.98 bits per heavy atom. The van der Waals surface area contributed by atoms with E-state index in [1.807, 2.05) is 18.2 Å². The van der Waals surface area contributed by atoms with Gasteiger partial charge >= 0.3 is 5.97 Å². The number of H-pyrrole nitrogens is 2. The van der Waals surface area contributed by atoms with Gasteiger partial charge in [0.25, 0.3) is 0 Å². The predicted octanol–water partition coefficient (Wildman–Crippen LogP) is 9.12. The highest BCUT2D eigenvalue weighted by molar-refractivity contribution is 7.09. The van der Waals surface area contributed by atoms with Gasteiger partial charge in [-0.25, -0.2) is 18.7 Å². The molecule has 0 radical (unpaired) electrons. The third kappa shape index (κ3) is 6.30. The maximum Gasteiger partial charge on any atom is 0.303 e. The summed E-state index contributed by atoms with van der Waals surface area (Å²) in [6.45, 7) is 2.15. The lowest BCUT2D eigenvalue weighted by molar-refractivity contribution is -0.136. The van der Waals surface area contributed by atoms with Crippen LogP contribution >= 0.6 is 11.3 Å². The van der Waals surface area contributed by atoms with Gasteiger partial charge in [-0.05, 0) is 68.0 Å². The van der Waals surface area contributed by atoms with Crippen LogP contribution in [0.5, 0.6) is 11.5 Å². The van der Waals surface area contributed by atoms with Gasteiger partial charge < -0.3 is 19.8 Å². The Morgan fingerprint density at radius 1 is 1.09 bits per heavy atom. The second-order valence-corrected chi connectivity index (χ2v) is 13.3. The number of hydrogen-bond donors (Lipinski definition) is 3. The monoisotopic (exact) mass is 652 g/mol. The molecule has 7 nitrogen and oxygen atoms in total. The van der Waals surface area contributed by atoms with E-state index < -0.39 is 23.0 Å². The summed E-state index contributed by atoms with van der Waals surface area (Å²) in [7, 11) is 0. The number of imidazole rings is 1. The van der Waals surface area contributed by atoms with Crippen molar-refractivity contribution < 1.29 is 23.4 Å². The highest BCUT2D eigenvalue weighted by Crippen LogP contribution is 2.40. The first-order valence-corrected chi connectivity index (χ1v) is 16.7. The zero-order valence-electron chi connectivity index (χ0n) is 25.9. The molecular formula is C37H34F2N4O3S. The van der Waals surface area contributed by atoms with Gasteiger partial charge in [-0.3, -0.25) is 4.79 Å². The van der Waals surface area contributed by atoms with Crippen LogP contribution in [0.4, 0.5) is 8.78 Å². The average molecular weight is 653 g/mol. The number of nitrogens with one attached hydrogen (secondary N) is 2. The Morgan fingerprint density at radius 3 is 2.85 bits per heavy atom. The first-order valence-electron chi connectivity index (χ1n) is 15.8. The Kier molecular flexibility index (Phi) is 8.36. The molecule has 47 heavy (non-hydrogen) atoms. The number of ether oxygens (including phenoxy) is 1. The minimum absolute atomic E-state index is 0.0504. The number of aromatic nitrogens is 4. The lowest BCUT2D eigenvalue weighted by Crippen LogP contribution is -2.24. The van der Waals surface area contributed by atoms with E-state index in [9.17, 15) is 9.90 Å². The third-order valence-electron chi connectivity index (χ3n) is 9.18. The maximum atomic E-state index is 15.7. The number of carboxylic acid groups (broad SMARTS) is 1. The number of aryl methyl sites for hydroxylation is 2. The van der Waals surface area contributed by atoms with Crippen molar-refractivity contribution in [3.63, 3.8) is 0 Å². The van der Waals surface area contributed by atoms with Crippen LogP contribution in [0, 0.1) is 11.6 Å². The van der Waals surface area contributed by atoms with Gasteiger partial charge in [0.05, 0.1) is 16.3 Å². The normalized spacial score (nSPS) is 16.9. The quantitative estimate of drug-likeness (QED) is 0.176. The number of hydrogen-bond acceptors (Lipinski definition) is 5. The zero-order chi connectivity index (χ0) is 32.5. The number of halogens is 2. The molecule has 0 spiro atoms. The number of aromatic amines is 2. The topological polar surface area (TPSA) is 104 Å². The smallest absolute Gasteiger partial charge is 0.303 e. The minimum atomic E-state index is -0.837. The summed E-state index contributed by atoms with van der Waals surface area (Å²) in [5.41, 5.74) is 4.86. The third-order valence-corrected chi connectivity index (χ3v) is 10.1. The first-order chi connectivity index (χ1) is 22.8. The van der Waals surface area contributed by atoms with Gasteiger partial charge in [-0.1, -0.05) is 37.1 Å². The number of rotatable bonds is 4. The SMILES string of the molecule is CC1(c2cccc(CCC(=O)O)c2)CCCCCc2csc(n2)Cc2c(c(F)cc3[nH]ccc23)Oc2ccc(F)c(c2)-c2ncc1[nH]2. The molecule has 10 heteroatoms. The van der Waals surface area contributed by atoms with Crippen LogP contribution < -0.4 is 4.74 Å². The fraction of sp³-hybridized carbons (Fsp3) is 0.270. The summed E-state index contributed by atoms with van der Waals surface area (Å²) in [5, 5.41) is 13.0. The van der Waals surface area contributed by atoms with E-state index in [4.69, 9.17) is 9.72 Å². The summed E-state index contributed by atoms with van der Waals surface area (Å²) in [6, 6.07) is 15.7. The van der Waals surface area contributed by atoms with Crippen LogP contribution in [-0.4, -0.2) is 31.0 Å². The molecule has 0 saturated heterocycles. The van der Waals surface area contributed by atoms with Crippen LogP contribution in [0.1, 0.15) is 72.1 Å². The number of benzene rings is 3. The largest absolute Gasteiger partial charge is 0.481 e. The highest BCUT2D eigenvalue weighted by Gasteiger charge is 2.31. The van der Waals surface area contributed by atoms with Crippen molar-refractivity contribution in [3.05, 3.63) is 117 Å². The number of nitrogens with zero attached hydrogens (tertiary/aromatic N) is 2. The van der Waals surface area contributed by atoms with Crippen molar-refractivity contribution in [1.29, 1.82) is 0 Å². The Labute approximate surface area is 274 Å². The number of aliphatic carboxylic acids is 1. The fourth-order valence-corrected chi connectivity index (χ4v) is 7.37. The Bertz CT molecular complexity index is 2080. The van der Waals surface area contributed by atoms with Crippen molar-refractivity contribution in [2.45, 2.75) is 63.7 Å². The molecule has 1 atom stereocenters. The van der Waals surface area contributed by atoms with E-state index in [-0.39, 0.29) is 23.5 Å². The van der Waals surface area contributed by atoms with Crippen molar-refractivity contribution in [1.82, 2.24) is 19.9 Å². The van der Waals surface area contributed by atoms with E-state index in [1.165, 1.54) is 18.2 Å². The molecule has 6 bridgehead atoms. The molecule has 3 aromatic heterocycles. The number of carboxylic acids is 1. The molecule has 1 unspecified atom stereocenters. The minimum Gasteiger partial charge on any atom is -0.481 e. The summed E-state index contributed by atoms with van der Waals surface area (Å²) < 4.78 is 37.3. The molecule has 7 rings (SSSR count). The van der Waals surface area contributed by atoms with Crippen molar-refractivity contribution in [2.75, 3.05) is 0 Å². The predicted molar refractivity (Wildman–Crippen MR) is 178 cm³/mol. The lowest BCUT2D eigenvalue weighted by atomic mass is 9.75. The first kappa shape index (κ1) is 30.8. The summed E-state index contributed by atoms with van der Waals surface area (Å²) in [6.07, 6.45) is 8.90. The Hall–Kier alpha value is -4.83. The molecule has 0 saturated carbocycles. The summed E-state index contributed by atoms with van der Waals surface area (Å²) >= 11 is 1.56. The highest BCUT2D eigenvalue weighted by atomic mass is 32.1. The van der Waals surface area contributed by atoms with Crippen LogP contribution in [-0.2, 0) is 29.5 Å². The number of thiazole rings is 1. The molecule has 3 aromatic carbocycles. The second kappa shape index (κ2) is 12.8. The van der Waals surface area contributed by atoms with Crippen LogP contribution in [0.25, 0.3) is 22.3 Å². The van der Waals surface area contributed by atoms with Crippen LogP contribution in [0.2, 0.25) is 0 Å². The molecule has 6 aromatic rings. The van der Waals surface area contributed by atoms with Crippen molar-refractivity contribution >= 4 is 28.2 Å². The van der Waals surface area contributed by atoms with E-state index in [0.717, 1.165) is 65.0 Å². The standard InChI is InChI=1S/C37H34F2N4O3S/c1-37(23-7-5-6-22(16-23)9-12-34(44)45)14-4-2-3-8-24-21-47-33(42-24)18-27-26-13-15-40-31(26)19-30(39)35(27)46-25-10-11-29(38)28(17-25)36-41-20-32(37)43-36/h5-7,10-11,13,15-17,19-21,40H,2-4,8-9,12,14,18H2,1H3,(H,41,43)(H,44,45). The van der Waals surface area contributed by atoms with Gasteiger partial charge in [0.1, 0.15) is 17.4 Å². The van der Waals surface area contributed by atoms with Crippen LogP contribution in [0.3, 0.4) is 0 Å². The number of fused-ring (bicyclic) bond motifs is 10.